The number of nitrogens with one attached hydrogen (secondary N) is 2. The van der Waals surface area contributed by atoms with Crippen LogP contribution in [0.25, 0.3) is 0 Å². The van der Waals surface area contributed by atoms with Gasteiger partial charge >= 0.3 is 0 Å². The lowest BCUT2D eigenvalue weighted by Gasteiger charge is -2.43. The molecule has 0 saturated heterocycles. The van der Waals surface area contributed by atoms with Crippen molar-refractivity contribution in [1.29, 1.82) is 5.26 Å². The van der Waals surface area contributed by atoms with Crippen molar-refractivity contribution in [2.24, 2.45) is 23.2 Å². The molecule has 1 aromatic carbocycles. The minimum atomic E-state index is 0.333. The topological polar surface area (TPSA) is 73.6 Å². The van der Waals surface area contributed by atoms with Crippen LogP contribution >= 0.6 is 11.6 Å². The number of fused-ring (bicyclic) bond motifs is 2. The van der Waals surface area contributed by atoms with Gasteiger partial charge in [-0.05, 0) is 60.5 Å². The van der Waals surface area contributed by atoms with Gasteiger partial charge in [0.25, 0.3) is 0 Å². The largest absolute Gasteiger partial charge is 0.368 e. The second-order valence-corrected chi connectivity index (χ2v) is 9.72. The molecule has 2 fully saturated rings. The monoisotopic (exact) mass is 467 g/mol. The Bertz CT molecular complexity index is 956. The number of anilines is 2. The van der Waals surface area contributed by atoms with Gasteiger partial charge in [-0.2, -0.15) is 10.2 Å². The van der Waals surface area contributed by atoms with Gasteiger partial charge in [0.15, 0.2) is 0 Å². The van der Waals surface area contributed by atoms with Crippen molar-refractivity contribution >= 4 is 23.4 Å². The molecule has 4 unspecified atom stereocenters. The lowest BCUT2D eigenvalue weighted by molar-refractivity contribution is 0.0909. The van der Waals surface area contributed by atoms with Crippen molar-refractivity contribution in [3.8, 4) is 6.07 Å². The number of hydrogen-bond acceptors (Lipinski definition) is 5. The van der Waals surface area contributed by atoms with Gasteiger partial charge in [0.05, 0.1) is 6.20 Å². The zero-order valence-corrected chi connectivity index (χ0v) is 21.3. The zero-order valence-electron chi connectivity index (χ0n) is 20.5. The molecule has 6 heteroatoms. The first-order valence-corrected chi connectivity index (χ1v) is 12.9. The molecular formula is C27H38ClN5. The Morgan fingerprint density at radius 2 is 1.94 bits per heavy atom. The number of halogens is 1. The predicted molar refractivity (Wildman–Crippen MR) is 137 cm³/mol. The molecule has 0 amide bonds. The first kappa shape index (κ1) is 25.3. The van der Waals surface area contributed by atoms with E-state index in [9.17, 15) is 5.26 Å². The molecule has 2 bridgehead atoms. The summed E-state index contributed by atoms with van der Waals surface area (Å²) in [6.45, 7) is 10.1. The van der Waals surface area contributed by atoms with Crippen LogP contribution in [-0.2, 0) is 6.54 Å². The van der Waals surface area contributed by atoms with E-state index in [4.69, 9.17) is 11.6 Å². The number of hydrogen-bond donors (Lipinski definition) is 2. The van der Waals surface area contributed by atoms with E-state index in [0.29, 0.717) is 34.3 Å². The molecule has 2 N–H and O–H groups in total. The molecule has 4 atom stereocenters. The van der Waals surface area contributed by atoms with Crippen LogP contribution in [0.1, 0.15) is 77.3 Å². The van der Waals surface area contributed by atoms with Crippen molar-refractivity contribution < 1.29 is 0 Å². The quantitative estimate of drug-likeness (QED) is 0.426. The second kappa shape index (κ2) is 11.7. The van der Waals surface area contributed by atoms with E-state index in [0.717, 1.165) is 29.9 Å². The van der Waals surface area contributed by atoms with Crippen LogP contribution in [0, 0.1) is 34.5 Å². The Hall–Kier alpha value is -2.32. The molecule has 5 nitrogen and oxygen atoms in total. The molecular weight excluding hydrogens is 430 g/mol. The molecule has 2 aliphatic carbocycles. The lowest BCUT2D eigenvalue weighted by atomic mass is 9.64. The van der Waals surface area contributed by atoms with Gasteiger partial charge < -0.3 is 10.6 Å². The van der Waals surface area contributed by atoms with E-state index in [-0.39, 0.29) is 0 Å². The fraction of sp³-hybridized carbons (Fsp3) is 0.593. The second-order valence-electron chi connectivity index (χ2n) is 9.31. The van der Waals surface area contributed by atoms with E-state index in [1.54, 1.807) is 6.20 Å². The fourth-order valence-electron chi connectivity index (χ4n) is 6.01. The van der Waals surface area contributed by atoms with E-state index in [1.807, 2.05) is 38.1 Å². The molecule has 1 heterocycles. The molecule has 2 aromatic rings. The SMILES string of the molecule is CC.CCC1CC2(CNc3nc(NCc4ccccc4Cl)ncc3C#N)CCC(C2)C1CC. The summed E-state index contributed by atoms with van der Waals surface area (Å²) >= 11 is 6.25. The van der Waals surface area contributed by atoms with Crippen molar-refractivity contribution in [3.63, 3.8) is 0 Å². The van der Waals surface area contributed by atoms with Gasteiger partial charge in [-0.25, -0.2) is 4.98 Å². The van der Waals surface area contributed by atoms with Crippen molar-refractivity contribution in [1.82, 2.24) is 9.97 Å². The van der Waals surface area contributed by atoms with Crippen LogP contribution in [0.2, 0.25) is 5.02 Å². The van der Waals surface area contributed by atoms with Crippen LogP contribution in [0.5, 0.6) is 0 Å². The third-order valence-corrected chi connectivity index (χ3v) is 7.95. The lowest BCUT2D eigenvalue weighted by Crippen LogP contribution is -2.37. The number of nitriles is 1. The van der Waals surface area contributed by atoms with Gasteiger partial charge in [-0.1, -0.05) is 70.3 Å². The summed E-state index contributed by atoms with van der Waals surface area (Å²) in [5.41, 5.74) is 1.81. The van der Waals surface area contributed by atoms with Crippen LogP contribution in [0.4, 0.5) is 11.8 Å². The number of benzene rings is 1. The highest BCUT2D eigenvalue weighted by atomic mass is 35.5. The predicted octanol–water partition coefficient (Wildman–Crippen LogP) is 7.29. The number of aromatic nitrogens is 2. The fourth-order valence-corrected chi connectivity index (χ4v) is 6.22. The highest BCUT2D eigenvalue weighted by molar-refractivity contribution is 6.31. The normalized spacial score (nSPS) is 25.5. The molecule has 0 spiro atoms. The summed E-state index contributed by atoms with van der Waals surface area (Å²) in [6, 6.07) is 9.95. The molecule has 178 valence electrons. The summed E-state index contributed by atoms with van der Waals surface area (Å²) < 4.78 is 0. The van der Waals surface area contributed by atoms with Gasteiger partial charge in [0.1, 0.15) is 17.5 Å². The van der Waals surface area contributed by atoms with E-state index in [1.165, 1.54) is 38.5 Å². The van der Waals surface area contributed by atoms with Crippen molar-refractivity contribution in [3.05, 3.63) is 46.6 Å². The molecule has 4 rings (SSSR count). The van der Waals surface area contributed by atoms with Crippen LogP contribution in [-0.4, -0.2) is 16.5 Å². The summed E-state index contributed by atoms with van der Waals surface area (Å²) in [4.78, 5) is 8.94. The molecule has 33 heavy (non-hydrogen) atoms. The summed E-state index contributed by atoms with van der Waals surface area (Å²) in [7, 11) is 0. The minimum Gasteiger partial charge on any atom is -0.368 e. The summed E-state index contributed by atoms with van der Waals surface area (Å²) in [5.74, 6) is 3.70. The Balaban J connectivity index is 0.00000149. The third kappa shape index (κ3) is 5.79. The Morgan fingerprint density at radius 3 is 2.64 bits per heavy atom. The smallest absolute Gasteiger partial charge is 0.224 e. The maximum absolute atomic E-state index is 9.56. The van der Waals surface area contributed by atoms with Gasteiger partial charge in [0.2, 0.25) is 5.95 Å². The van der Waals surface area contributed by atoms with Crippen molar-refractivity contribution in [2.45, 2.75) is 72.8 Å². The van der Waals surface area contributed by atoms with E-state index in [2.05, 4.69) is 40.5 Å². The molecule has 2 aliphatic rings. The van der Waals surface area contributed by atoms with E-state index >= 15 is 0 Å². The first-order valence-electron chi connectivity index (χ1n) is 12.6. The maximum atomic E-state index is 9.56. The Kier molecular flexibility index (Phi) is 8.97. The molecule has 1 aromatic heterocycles. The summed E-state index contributed by atoms with van der Waals surface area (Å²) in [5, 5.41) is 17.0. The first-order chi connectivity index (χ1) is 16.1. The van der Waals surface area contributed by atoms with Gasteiger partial charge in [-0.3, -0.25) is 0 Å². The zero-order chi connectivity index (χ0) is 23.8. The minimum absolute atomic E-state index is 0.333. The Morgan fingerprint density at radius 1 is 1.15 bits per heavy atom. The third-order valence-electron chi connectivity index (χ3n) is 7.58. The highest BCUT2D eigenvalue weighted by Crippen LogP contribution is 2.57. The Labute approximate surface area is 204 Å². The van der Waals surface area contributed by atoms with Gasteiger partial charge in [-0.15, -0.1) is 0 Å². The number of rotatable bonds is 8. The summed E-state index contributed by atoms with van der Waals surface area (Å²) in [6.07, 6.45) is 9.39. The van der Waals surface area contributed by atoms with Crippen molar-refractivity contribution in [2.75, 3.05) is 17.2 Å². The average molecular weight is 468 g/mol. The van der Waals surface area contributed by atoms with Gasteiger partial charge in [0, 0.05) is 18.1 Å². The average Bonchev–Trinajstić information content (AvgIpc) is 3.20. The van der Waals surface area contributed by atoms with E-state index < -0.39 is 0 Å². The van der Waals surface area contributed by atoms with Crippen LogP contribution in [0.15, 0.2) is 30.5 Å². The number of nitrogens with zero attached hydrogens (tertiary/aromatic N) is 3. The molecule has 0 radical (unpaired) electrons. The standard InChI is InChI=1S/C25H32ClN5.C2H6/c1-3-17-11-25(10-9-18(12-25)21(17)4-2)16-30-23-20(13-27)15-29-24(31-23)28-14-19-7-5-6-8-22(19)26;1-2/h5-8,15,17-18,21H,3-4,9-12,14,16H2,1-2H3,(H2,28,29,30,31);1-2H3. The highest BCUT2D eigenvalue weighted by Gasteiger charge is 2.49. The van der Waals surface area contributed by atoms with Crippen LogP contribution in [0.3, 0.4) is 0 Å². The molecule has 2 saturated carbocycles. The maximum Gasteiger partial charge on any atom is 0.224 e. The molecule has 0 aliphatic heterocycles. The van der Waals surface area contributed by atoms with Crippen LogP contribution < -0.4 is 10.6 Å².